The van der Waals surface area contributed by atoms with E-state index in [1.165, 1.54) is 37.7 Å². The van der Waals surface area contributed by atoms with Crippen LogP contribution in [0.2, 0.25) is 0 Å². The van der Waals surface area contributed by atoms with Crippen LogP contribution in [-0.2, 0) is 54.4 Å². The molecule has 0 saturated heterocycles. The molecule has 3 rings (SSSR count). The zero-order valence-corrected chi connectivity index (χ0v) is 38.4. The van der Waals surface area contributed by atoms with Gasteiger partial charge in [-0.25, -0.2) is 9.59 Å². The second kappa shape index (κ2) is 24.7. The van der Waals surface area contributed by atoms with Gasteiger partial charge in [-0.3, -0.25) is 14.4 Å². The molecule has 5 amide bonds. The Bertz CT molecular complexity index is 1670. The van der Waals surface area contributed by atoms with E-state index in [9.17, 15) is 24.0 Å². The van der Waals surface area contributed by atoms with E-state index in [1.54, 1.807) is 20.8 Å². The van der Waals surface area contributed by atoms with Gasteiger partial charge < -0.3 is 40.8 Å². The normalized spacial score (nSPS) is 14.6. The Balaban J connectivity index is 1.57. The lowest BCUT2D eigenvalue weighted by molar-refractivity contribution is -0.134. The lowest BCUT2D eigenvalue weighted by atomic mass is 9.87. The number of amides is 5. The van der Waals surface area contributed by atoms with Gasteiger partial charge in [0.05, 0.1) is 18.6 Å². The van der Waals surface area contributed by atoms with Crippen LogP contribution in [0.4, 0.5) is 9.59 Å². The van der Waals surface area contributed by atoms with Gasteiger partial charge >= 0.3 is 12.2 Å². The molecule has 61 heavy (non-hydrogen) atoms. The summed E-state index contributed by atoms with van der Waals surface area (Å²) in [5.74, 6) is -0.512. The van der Waals surface area contributed by atoms with Gasteiger partial charge in [0, 0.05) is 19.6 Å². The number of hydrogen-bond donors (Lipinski definition) is 5. The van der Waals surface area contributed by atoms with Crippen LogP contribution in [0.1, 0.15) is 142 Å². The van der Waals surface area contributed by atoms with Crippen molar-refractivity contribution in [2.24, 2.45) is 5.92 Å². The van der Waals surface area contributed by atoms with Crippen LogP contribution in [0.5, 0.6) is 0 Å². The lowest BCUT2D eigenvalue weighted by Crippen LogP contribution is -2.56. The van der Waals surface area contributed by atoms with Crippen molar-refractivity contribution in [3.05, 3.63) is 70.8 Å². The van der Waals surface area contributed by atoms with Crippen LogP contribution in [0.3, 0.4) is 0 Å². The van der Waals surface area contributed by atoms with E-state index in [1.807, 2.05) is 77.9 Å². The predicted octanol–water partition coefficient (Wildman–Crippen LogP) is 7.61. The fraction of sp³-hybridized carbons (Fsp3) is 0.646. The van der Waals surface area contributed by atoms with Crippen molar-refractivity contribution in [2.45, 2.75) is 175 Å². The summed E-state index contributed by atoms with van der Waals surface area (Å²) in [4.78, 5) is 64.9. The summed E-state index contributed by atoms with van der Waals surface area (Å²) in [7, 11) is 0. The number of hydrogen-bond acceptors (Lipinski definition) is 8. The molecule has 0 bridgehead atoms. The number of carbonyl (C=O) groups is 5. The van der Waals surface area contributed by atoms with Crippen molar-refractivity contribution in [1.29, 1.82) is 0 Å². The quantitative estimate of drug-likeness (QED) is 0.0799. The number of rotatable bonds is 21. The highest BCUT2D eigenvalue weighted by molar-refractivity contribution is 5.92. The van der Waals surface area contributed by atoms with Gasteiger partial charge in [-0.05, 0) is 129 Å². The molecule has 13 heteroatoms. The van der Waals surface area contributed by atoms with Gasteiger partial charge in [0.2, 0.25) is 17.7 Å². The van der Waals surface area contributed by atoms with Gasteiger partial charge in [-0.2, -0.15) is 0 Å². The Morgan fingerprint density at radius 2 is 1.13 bits per heavy atom. The number of nitrogens with one attached hydrogen (secondary N) is 5. The molecule has 13 nitrogen and oxygen atoms in total. The summed E-state index contributed by atoms with van der Waals surface area (Å²) in [6.07, 6.45) is 9.20. The van der Waals surface area contributed by atoms with E-state index >= 15 is 0 Å². The molecule has 1 aliphatic rings. The third-order valence-electron chi connectivity index (χ3n) is 10.1. The molecule has 1 fully saturated rings. The highest BCUT2D eigenvalue weighted by atomic mass is 16.6. The maximum atomic E-state index is 13.9. The summed E-state index contributed by atoms with van der Waals surface area (Å²) in [6, 6.07) is 14.1. The zero-order valence-electron chi connectivity index (χ0n) is 38.4. The van der Waals surface area contributed by atoms with E-state index < -0.39 is 47.0 Å². The summed E-state index contributed by atoms with van der Waals surface area (Å²) in [6.45, 7) is 17.7. The Kier molecular flexibility index (Phi) is 20.5. The first-order valence-corrected chi connectivity index (χ1v) is 22.2. The highest BCUT2D eigenvalue weighted by Crippen LogP contribution is 2.25. The number of benzene rings is 2. The zero-order chi connectivity index (χ0) is 45.1. The maximum absolute atomic E-state index is 13.9. The van der Waals surface area contributed by atoms with E-state index in [2.05, 4.69) is 38.7 Å². The molecule has 340 valence electrons. The predicted molar refractivity (Wildman–Crippen MR) is 239 cm³/mol. The maximum Gasteiger partial charge on any atom is 0.407 e. The van der Waals surface area contributed by atoms with Gasteiger partial charge in [-0.15, -0.1) is 0 Å². The van der Waals surface area contributed by atoms with Gasteiger partial charge in [-0.1, -0.05) is 80.6 Å². The Morgan fingerprint density at radius 1 is 0.590 bits per heavy atom. The number of carbonyl (C=O) groups excluding carboxylic acids is 5. The van der Waals surface area contributed by atoms with Gasteiger partial charge in [0.25, 0.3) is 0 Å². The monoisotopic (exact) mass is 850 g/mol. The molecule has 0 aromatic heterocycles. The van der Waals surface area contributed by atoms with Crippen molar-refractivity contribution in [2.75, 3.05) is 19.7 Å². The Morgan fingerprint density at radius 3 is 1.69 bits per heavy atom. The van der Waals surface area contributed by atoms with E-state index in [-0.39, 0.29) is 24.8 Å². The van der Waals surface area contributed by atoms with Crippen molar-refractivity contribution in [3.8, 4) is 0 Å². The smallest absolute Gasteiger partial charge is 0.407 e. The molecule has 0 spiro atoms. The molecule has 2 atom stereocenters. The minimum Gasteiger partial charge on any atom is -0.444 e. The van der Waals surface area contributed by atoms with Crippen LogP contribution in [-0.4, -0.2) is 78.5 Å². The SMILES string of the molecule is CC(C)(C)OC[C@H](NC(=O)Cc1ccc(CCc2ccc(CNC(=O)OC(C)(C)C)cc2)cc1)C(=O)N[C@@H](CCCCNC(=O)OC(C)(C)C)C(=O)NCCC1CCCCC1. The summed E-state index contributed by atoms with van der Waals surface area (Å²) < 4.78 is 16.6. The van der Waals surface area contributed by atoms with Crippen molar-refractivity contribution in [1.82, 2.24) is 26.6 Å². The van der Waals surface area contributed by atoms with Crippen LogP contribution in [0.25, 0.3) is 0 Å². The van der Waals surface area contributed by atoms with Crippen LogP contribution < -0.4 is 26.6 Å². The van der Waals surface area contributed by atoms with E-state index in [0.29, 0.717) is 44.8 Å². The fourth-order valence-electron chi connectivity index (χ4n) is 6.89. The molecule has 1 saturated carbocycles. The standard InChI is InChI=1S/C48H75N5O8/c1-46(2,3)59-33-40(43(56)53-39(17-13-14-29-50-44(57)60-47(4,5)6)42(55)49-30-28-34-15-11-10-12-16-34)52-41(54)31-37-24-20-35(21-25-37)18-19-36-22-26-38(27-23-36)32-51-45(58)61-48(7,8)9/h20-27,34,39-40H,10-19,28-33H2,1-9H3,(H,49,55)(H,50,57)(H,51,58)(H,52,54)(H,53,56)/t39-,40-/m0/s1. The van der Waals surface area contributed by atoms with Crippen LogP contribution >= 0.6 is 0 Å². The first kappa shape index (κ1) is 50.7. The summed E-state index contributed by atoms with van der Waals surface area (Å²) >= 11 is 0. The van der Waals surface area contributed by atoms with Crippen molar-refractivity contribution in [3.63, 3.8) is 0 Å². The average Bonchev–Trinajstić information content (AvgIpc) is 3.16. The minimum atomic E-state index is -1.03. The average molecular weight is 850 g/mol. The summed E-state index contributed by atoms with van der Waals surface area (Å²) in [5, 5.41) is 14.4. The second-order valence-corrected chi connectivity index (χ2v) is 19.3. The first-order chi connectivity index (χ1) is 28.6. The molecule has 1 aliphatic carbocycles. The molecule has 2 aromatic carbocycles. The highest BCUT2D eigenvalue weighted by Gasteiger charge is 2.29. The number of alkyl carbamates (subject to hydrolysis) is 2. The molecule has 0 aliphatic heterocycles. The molecule has 0 heterocycles. The van der Waals surface area contributed by atoms with Gasteiger partial charge in [0.1, 0.15) is 23.3 Å². The minimum absolute atomic E-state index is 0.0636. The lowest BCUT2D eigenvalue weighted by Gasteiger charge is -2.27. The first-order valence-electron chi connectivity index (χ1n) is 22.2. The Labute approximate surface area is 365 Å². The molecule has 2 aromatic rings. The fourth-order valence-corrected chi connectivity index (χ4v) is 6.89. The van der Waals surface area contributed by atoms with E-state index in [4.69, 9.17) is 14.2 Å². The molecular weight excluding hydrogens is 775 g/mol. The van der Waals surface area contributed by atoms with Crippen LogP contribution in [0, 0.1) is 5.92 Å². The molecule has 5 N–H and O–H groups in total. The number of unbranched alkanes of at least 4 members (excludes halogenated alkanes) is 1. The van der Waals surface area contributed by atoms with Crippen molar-refractivity contribution >= 4 is 29.9 Å². The number of ether oxygens (including phenoxy) is 3. The molecule has 0 unspecified atom stereocenters. The summed E-state index contributed by atoms with van der Waals surface area (Å²) in [5.41, 5.74) is 2.35. The topological polar surface area (TPSA) is 173 Å². The molecular formula is C48H75N5O8. The van der Waals surface area contributed by atoms with Crippen molar-refractivity contribution < 1.29 is 38.2 Å². The van der Waals surface area contributed by atoms with E-state index in [0.717, 1.165) is 36.0 Å². The second-order valence-electron chi connectivity index (χ2n) is 19.3. The van der Waals surface area contributed by atoms with Crippen LogP contribution in [0.15, 0.2) is 48.5 Å². The molecule has 0 radical (unpaired) electrons. The third kappa shape index (κ3) is 22.7. The third-order valence-corrected chi connectivity index (χ3v) is 10.1. The Hall–Kier alpha value is -4.65. The number of aryl methyl sites for hydroxylation is 2. The largest absolute Gasteiger partial charge is 0.444 e. The van der Waals surface area contributed by atoms with Gasteiger partial charge in [0.15, 0.2) is 0 Å².